The van der Waals surface area contributed by atoms with Crippen LogP contribution >= 0.6 is 0 Å². The number of carbonyl (C=O) groups is 2. The fourth-order valence-electron chi connectivity index (χ4n) is 4.79. The molecule has 9 heteroatoms. The Kier molecular flexibility index (Phi) is 5.69. The number of likely N-dealkylation sites (tertiary alicyclic amines) is 1. The van der Waals surface area contributed by atoms with Crippen molar-refractivity contribution in [2.24, 2.45) is 5.92 Å². The molecule has 1 aromatic rings. The highest BCUT2D eigenvalue weighted by atomic mass is 19.4. The SMILES string of the molecule is C[C@@H]1N[C@H](C(=O)N2CCC[C@H]2C#N)C[C@@H]1C(=O)N[C@@H]1C[C@H]1c1cccc(C(F)(F)F)c1. The lowest BCUT2D eigenvalue weighted by Crippen LogP contribution is -2.46. The molecule has 31 heavy (non-hydrogen) atoms. The molecule has 0 spiro atoms. The quantitative estimate of drug-likeness (QED) is 0.763. The summed E-state index contributed by atoms with van der Waals surface area (Å²) in [5, 5.41) is 15.3. The zero-order valence-electron chi connectivity index (χ0n) is 17.2. The fourth-order valence-corrected chi connectivity index (χ4v) is 4.79. The highest BCUT2D eigenvalue weighted by Gasteiger charge is 2.46. The van der Waals surface area contributed by atoms with Crippen molar-refractivity contribution in [2.45, 2.75) is 68.9 Å². The Morgan fingerprint density at radius 3 is 2.77 bits per heavy atom. The van der Waals surface area contributed by atoms with E-state index in [0.29, 0.717) is 31.4 Å². The molecule has 6 nitrogen and oxygen atoms in total. The first-order chi connectivity index (χ1) is 14.7. The molecule has 1 saturated carbocycles. The molecule has 0 radical (unpaired) electrons. The van der Waals surface area contributed by atoms with Crippen molar-refractivity contribution in [3.8, 4) is 6.07 Å². The standard InChI is InChI=1S/C22H25F3N4O2/c1-12-16(9-19(27-12)21(31)29-7-3-6-15(29)11-26)20(30)28-18-10-17(18)13-4-2-5-14(8-13)22(23,24)25/h2,4-5,8,12,15-19,27H,3,6-7,9-10H2,1H3,(H,28,30)/t12-,15-,16-,17-,18+,19-/m0/s1. The van der Waals surface area contributed by atoms with Gasteiger partial charge in [0.05, 0.1) is 23.6 Å². The van der Waals surface area contributed by atoms with E-state index in [0.717, 1.165) is 18.6 Å². The van der Waals surface area contributed by atoms with Gasteiger partial charge in [-0.1, -0.05) is 18.2 Å². The summed E-state index contributed by atoms with van der Waals surface area (Å²) in [6.45, 7) is 2.40. The summed E-state index contributed by atoms with van der Waals surface area (Å²) in [6.07, 6.45) is -1.97. The molecule has 166 valence electrons. The summed E-state index contributed by atoms with van der Waals surface area (Å²) in [6, 6.07) is 6.08. The minimum absolute atomic E-state index is 0.130. The molecule has 0 bridgehead atoms. The number of hydrogen-bond acceptors (Lipinski definition) is 4. The molecule has 3 aliphatic rings. The number of amides is 2. The van der Waals surface area contributed by atoms with Crippen molar-refractivity contribution in [1.82, 2.24) is 15.5 Å². The van der Waals surface area contributed by atoms with E-state index in [9.17, 15) is 28.0 Å². The maximum atomic E-state index is 12.9. The van der Waals surface area contributed by atoms with E-state index in [-0.39, 0.29) is 29.8 Å². The monoisotopic (exact) mass is 434 g/mol. The summed E-state index contributed by atoms with van der Waals surface area (Å²) in [7, 11) is 0. The molecule has 2 N–H and O–H groups in total. The molecular weight excluding hydrogens is 409 g/mol. The van der Waals surface area contributed by atoms with Gasteiger partial charge >= 0.3 is 6.18 Å². The number of nitrogens with zero attached hydrogens (tertiary/aromatic N) is 2. The molecule has 0 aromatic heterocycles. The summed E-state index contributed by atoms with van der Waals surface area (Å²) >= 11 is 0. The molecule has 1 aromatic carbocycles. The number of benzene rings is 1. The first kappa shape index (κ1) is 21.6. The van der Waals surface area contributed by atoms with Gasteiger partial charge in [0.15, 0.2) is 0 Å². The second-order valence-electron chi connectivity index (χ2n) is 8.75. The molecule has 1 aliphatic carbocycles. The average Bonchev–Trinajstić information content (AvgIpc) is 3.14. The van der Waals surface area contributed by atoms with Crippen LogP contribution in [0.15, 0.2) is 24.3 Å². The zero-order chi connectivity index (χ0) is 22.3. The van der Waals surface area contributed by atoms with Crippen LogP contribution in [0.5, 0.6) is 0 Å². The van der Waals surface area contributed by atoms with E-state index in [1.807, 2.05) is 6.92 Å². The first-order valence-corrected chi connectivity index (χ1v) is 10.6. The molecule has 6 atom stereocenters. The number of alkyl halides is 3. The highest BCUT2D eigenvalue weighted by Crippen LogP contribution is 2.43. The van der Waals surface area contributed by atoms with Crippen LogP contribution < -0.4 is 10.6 Å². The Morgan fingerprint density at radius 1 is 1.29 bits per heavy atom. The van der Waals surface area contributed by atoms with Gasteiger partial charge in [-0.25, -0.2) is 0 Å². The van der Waals surface area contributed by atoms with E-state index >= 15 is 0 Å². The van der Waals surface area contributed by atoms with Crippen molar-refractivity contribution < 1.29 is 22.8 Å². The largest absolute Gasteiger partial charge is 0.416 e. The Morgan fingerprint density at radius 2 is 2.06 bits per heavy atom. The maximum absolute atomic E-state index is 12.9. The average molecular weight is 434 g/mol. The maximum Gasteiger partial charge on any atom is 0.416 e. The lowest BCUT2D eigenvalue weighted by molar-refractivity contribution is -0.137. The van der Waals surface area contributed by atoms with Gasteiger partial charge in [0.2, 0.25) is 11.8 Å². The predicted octanol–water partition coefficient (Wildman–Crippen LogP) is 2.56. The number of nitriles is 1. The predicted molar refractivity (Wildman–Crippen MR) is 106 cm³/mol. The minimum atomic E-state index is -4.39. The van der Waals surface area contributed by atoms with Crippen LogP contribution in [0.1, 0.15) is 49.7 Å². The fraction of sp³-hybridized carbons (Fsp3) is 0.591. The smallest absolute Gasteiger partial charge is 0.352 e. The van der Waals surface area contributed by atoms with E-state index in [1.165, 1.54) is 6.07 Å². The first-order valence-electron chi connectivity index (χ1n) is 10.6. The number of nitrogens with one attached hydrogen (secondary N) is 2. The van der Waals surface area contributed by atoms with Crippen LogP contribution in [0.3, 0.4) is 0 Å². The third-order valence-electron chi connectivity index (χ3n) is 6.64. The van der Waals surface area contributed by atoms with Gasteiger partial charge in [-0.15, -0.1) is 0 Å². The summed E-state index contributed by atoms with van der Waals surface area (Å²) in [5.74, 6) is -0.860. The Balaban J connectivity index is 1.34. The second-order valence-corrected chi connectivity index (χ2v) is 8.75. The Bertz CT molecular complexity index is 913. The van der Waals surface area contributed by atoms with Gasteiger partial charge < -0.3 is 15.5 Å². The third-order valence-corrected chi connectivity index (χ3v) is 6.64. The zero-order valence-corrected chi connectivity index (χ0v) is 17.2. The molecule has 2 heterocycles. The Hall–Kier alpha value is -2.60. The van der Waals surface area contributed by atoms with Gasteiger partial charge in [-0.05, 0) is 44.2 Å². The van der Waals surface area contributed by atoms with E-state index < -0.39 is 29.7 Å². The van der Waals surface area contributed by atoms with E-state index in [2.05, 4.69) is 16.7 Å². The molecule has 2 amide bonds. The van der Waals surface area contributed by atoms with Crippen LogP contribution in [0.4, 0.5) is 13.2 Å². The van der Waals surface area contributed by atoms with Crippen LogP contribution in [0.25, 0.3) is 0 Å². The molecule has 2 aliphatic heterocycles. The van der Waals surface area contributed by atoms with Crippen molar-refractivity contribution in [1.29, 1.82) is 5.26 Å². The van der Waals surface area contributed by atoms with Crippen LogP contribution in [0.2, 0.25) is 0 Å². The topological polar surface area (TPSA) is 85.2 Å². The second kappa shape index (κ2) is 8.15. The van der Waals surface area contributed by atoms with Gasteiger partial charge in [-0.3, -0.25) is 9.59 Å². The normalized spacial score (nSPS) is 32.5. The summed E-state index contributed by atoms with van der Waals surface area (Å²) in [5.41, 5.74) is -0.114. The van der Waals surface area contributed by atoms with Crippen molar-refractivity contribution in [3.63, 3.8) is 0 Å². The van der Waals surface area contributed by atoms with Crippen LogP contribution in [0, 0.1) is 17.2 Å². The molecule has 3 fully saturated rings. The Labute approximate surface area is 178 Å². The molecule has 4 rings (SSSR count). The van der Waals surface area contributed by atoms with E-state index in [4.69, 9.17) is 0 Å². The van der Waals surface area contributed by atoms with Crippen molar-refractivity contribution >= 4 is 11.8 Å². The van der Waals surface area contributed by atoms with Gasteiger partial charge in [-0.2, -0.15) is 18.4 Å². The van der Waals surface area contributed by atoms with Gasteiger partial charge in [0.1, 0.15) is 6.04 Å². The van der Waals surface area contributed by atoms with Crippen LogP contribution in [-0.4, -0.2) is 47.4 Å². The third kappa shape index (κ3) is 4.40. The van der Waals surface area contributed by atoms with E-state index in [1.54, 1.807) is 11.0 Å². The summed E-state index contributed by atoms with van der Waals surface area (Å²) < 4.78 is 38.8. The summed E-state index contributed by atoms with van der Waals surface area (Å²) in [4.78, 5) is 27.2. The van der Waals surface area contributed by atoms with Crippen molar-refractivity contribution in [2.75, 3.05) is 6.54 Å². The minimum Gasteiger partial charge on any atom is -0.352 e. The number of rotatable bonds is 4. The number of hydrogen-bond donors (Lipinski definition) is 2. The van der Waals surface area contributed by atoms with Crippen LogP contribution in [-0.2, 0) is 15.8 Å². The molecular formula is C22H25F3N4O2. The number of halogens is 3. The van der Waals surface area contributed by atoms with Gasteiger partial charge in [0.25, 0.3) is 0 Å². The number of carbonyl (C=O) groups excluding carboxylic acids is 2. The highest BCUT2D eigenvalue weighted by molar-refractivity contribution is 5.86. The molecule has 2 saturated heterocycles. The van der Waals surface area contributed by atoms with Crippen molar-refractivity contribution in [3.05, 3.63) is 35.4 Å². The lowest BCUT2D eigenvalue weighted by atomic mass is 9.98. The lowest BCUT2D eigenvalue weighted by Gasteiger charge is -2.23. The van der Waals surface area contributed by atoms with Gasteiger partial charge in [0, 0.05) is 24.5 Å². The molecule has 0 unspecified atom stereocenters.